The van der Waals surface area contributed by atoms with E-state index in [1.165, 1.54) is 16.9 Å². The Balaban J connectivity index is 1.51. The van der Waals surface area contributed by atoms with Gasteiger partial charge in [0.2, 0.25) is 5.95 Å². The maximum Gasteiger partial charge on any atom is 0.222 e. The third-order valence-corrected chi connectivity index (χ3v) is 5.30. The van der Waals surface area contributed by atoms with E-state index in [-0.39, 0.29) is 0 Å². The van der Waals surface area contributed by atoms with E-state index in [4.69, 9.17) is 0 Å². The fourth-order valence-corrected chi connectivity index (χ4v) is 3.87. The molecule has 0 amide bonds. The van der Waals surface area contributed by atoms with Crippen molar-refractivity contribution in [2.24, 2.45) is 0 Å². The van der Waals surface area contributed by atoms with Gasteiger partial charge in [-0.25, -0.2) is 15.0 Å². The maximum atomic E-state index is 9.71. The Morgan fingerprint density at radius 1 is 1.00 bits per heavy atom. The summed E-state index contributed by atoms with van der Waals surface area (Å²) in [6, 6.07) is 22.3. The molecule has 0 aliphatic rings. The molecule has 2 aromatic heterocycles. The van der Waals surface area contributed by atoms with Crippen molar-refractivity contribution < 1.29 is 0 Å². The lowest BCUT2D eigenvalue weighted by molar-refractivity contribution is 0.917. The zero-order valence-corrected chi connectivity index (χ0v) is 15.4. The highest BCUT2D eigenvalue weighted by molar-refractivity contribution is 7.18. The normalized spacial score (nSPS) is 11.8. The van der Waals surface area contributed by atoms with Gasteiger partial charge >= 0.3 is 0 Å². The maximum absolute atomic E-state index is 9.71. The average Bonchev–Trinajstić information content (AvgIpc) is 3.13. The highest BCUT2D eigenvalue weighted by atomic mass is 32.1. The summed E-state index contributed by atoms with van der Waals surface area (Å²) in [4.78, 5) is 13.4. The number of nitrogens with zero attached hydrogens (tertiary/aromatic N) is 4. The van der Waals surface area contributed by atoms with Gasteiger partial charge in [-0.3, -0.25) is 0 Å². The summed E-state index contributed by atoms with van der Waals surface area (Å²) in [6.07, 6.45) is 2.57. The lowest BCUT2D eigenvalue weighted by atomic mass is 10.1. The number of nitriles is 1. The number of hydrogen-bond acceptors (Lipinski definition) is 6. The molecule has 2 aromatic carbocycles. The number of anilines is 1. The quantitative estimate of drug-likeness (QED) is 0.544. The van der Waals surface area contributed by atoms with E-state index >= 15 is 0 Å². The van der Waals surface area contributed by atoms with Crippen LogP contribution in [0.25, 0.3) is 10.2 Å². The van der Waals surface area contributed by atoms with E-state index in [1.54, 1.807) is 12.3 Å². The number of nitrogens with one attached hydrogen (secondary N) is 1. The first-order chi connectivity index (χ1) is 13.3. The molecule has 0 radical (unpaired) electrons. The molecule has 27 heavy (non-hydrogen) atoms. The molecule has 6 heteroatoms. The van der Waals surface area contributed by atoms with Crippen LogP contribution in [0, 0.1) is 11.3 Å². The summed E-state index contributed by atoms with van der Waals surface area (Å²) in [5.74, 6) is 0.0323. The number of fused-ring (bicyclic) bond motifs is 1. The van der Waals surface area contributed by atoms with E-state index in [0.29, 0.717) is 11.6 Å². The zero-order chi connectivity index (χ0) is 18.5. The molecule has 0 spiro atoms. The van der Waals surface area contributed by atoms with Crippen LogP contribution in [0.15, 0.2) is 66.9 Å². The van der Waals surface area contributed by atoms with Crippen molar-refractivity contribution >= 4 is 27.5 Å². The average molecular weight is 371 g/mol. The molecule has 4 rings (SSSR count). The molecule has 0 bridgehead atoms. The van der Waals surface area contributed by atoms with Gasteiger partial charge in [0.15, 0.2) is 0 Å². The molecule has 1 atom stereocenters. The highest BCUT2D eigenvalue weighted by Gasteiger charge is 2.20. The minimum atomic E-state index is -0.500. The van der Waals surface area contributed by atoms with Crippen molar-refractivity contribution in [2.75, 3.05) is 11.9 Å². The van der Waals surface area contributed by atoms with Gasteiger partial charge < -0.3 is 5.32 Å². The lowest BCUT2D eigenvalue weighted by Crippen LogP contribution is -2.10. The van der Waals surface area contributed by atoms with Crippen molar-refractivity contribution in [1.82, 2.24) is 15.0 Å². The second-order valence-corrected chi connectivity index (χ2v) is 7.11. The largest absolute Gasteiger partial charge is 0.354 e. The number of hydrogen-bond donors (Lipinski definition) is 1. The SMILES string of the molecule is N#CC(c1ccnc(NCCc2ccccc2)n1)c1nc2ccccc2s1. The minimum Gasteiger partial charge on any atom is -0.354 e. The number of rotatable bonds is 6. The van der Waals surface area contributed by atoms with Crippen LogP contribution >= 0.6 is 11.3 Å². The minimum absolute atomic E-state index is 0.500. The topological polar surface area (TPSA) is 74.5 Å². The Morgan fingerprint density at radius 3 is 2.63 bits per heavy atom. The second-order valence-electron chi connectivity index (χ2n) is 6.05. The van der Waals surface area contributed by atoms with Crippen LogP contribution in [-0.4, -0.2) is 21.5 Å². The smallest absolute Gasteiger partial charge is 0.222 e. The first-order valence-corrected chi connectivity index (χ1v) is 9.51. The third kappa shape index (κ3) is 3.94. The molecule has 0 saturated heterocycles. The monoisotopic (exact) mass is 371 g/mol. The van der Waals surface area contributed by atoms with Gasteiger partial charge in [-0.15, -0.1) is 11.3 Å². The van der Waals surface area contributed by atoms with E-state index in [2.05, 4.69) is 38.5 Å². The van der Waals surface area contributed by atoms with Gasteiger partial charge in [0.1, 0.15) is 10.9 Å². The molecule has 0 aliphatic carbocycles. The number of aromatic nitrogens is 3. The van der Waals surface area contributed by atoms with E-state index < -0.39 is 5.92 Å². The number of para-hydroxylation sites is 1. The highest BCUT2D eigenvalue weighted by Crippen LogP contribution is 2.30. The molecule has 5 nitrogen and oxygen atoms in total. The summed E-state index contributed by atoms with van der Waals surface area (Å²) >= 11 is 1.53. The van der Waals surface area contributed by atoms with Crippen LogP contribution in [0.3, 0.4) is 0 Å². The summed E-state index contributed by atoms with van der Waals surface area (Å²) < 4.78 is 1.07. The van der Waals surface area contributed by atoms with Gasteiger partial charge in [-0.1, -0.05) is 42.5 Å². The predicted molar refractivity (Wildman–Crippen MR) is 108 cm³/mol. The number of benzene rings is 2. The summed E-state index contributed by atoms with van der Waals surface area (Å²) in [5, 5.41) is 13.7. The van der Waals surface area contributed by atoms with Crippen LogP contribution in [0.5, 0.6) is 0 Å². The first-order valence-electron chi connectivity index (χ1n) is 8.69. The van der Waals surface area contributed by atoms with E-state index in [0.717, 1.165) is 28.2 Å². The summed E-state index contributed by atoms with van der Waals surface area (Å²) in [6.45, 7) is 0.728. The van der Waals surface area contributed by atoms with Crippen molar-refractivity contribution in [2.45, 2.75) is 12.3 Å². The van der Waals surface area contributed by atoms with Crippen LogP contribution in [0.2, 0.25) is 0 Å². The molecule has 0 aliphatic heterocycles. The van der Waals surface area contributed by atoms with Crippen LogP contribution < -0.4 is 5.32 Å². The van der Waals surface area contributed by atoms with Crippen molar-refractivity contribution in [3.8, 4) is 6.07 Å². The van der Waals surface area contributed by atoms with E-state index in [1.807, 2.05) is 42.5 Å². The van der Waals surface area contributed by atoms with Crippen LogP contribution in [-0.2, 0) is 6.42 Å². The Bertz CT molecular complexity index is 1050. The number of thiazole rings is 1. The Morgan fingerprint density at radius 2 is 1.81 bits per heavy atom. The van der Waals surface area contributed by atoms with Crippen molar-refractivity contribution in [3.63, 3.8) is 0 Å². The second kappa shape index (κ2) is 7.94. The Kier molecular flexibility index (Phi) is 5.04. The van der Waals surface area contributed by atoms with Gasteiger partial charge in [0.25, 0.3) is 0 Å². The van der Waals surface area contributed by atoms with Crippen molar-refractivity contribution in [3.05, 3.63) is 83.1 Å². The zero-order valence-electron chi connectivity index (χ0n) is 14.5. The van der Waals surface area contributed by atoms with Gasteiger partial charge in [-0.05, 0) is 30.2 Å². The molecule has 0 fully saturated rings. The molecule has 0 saturated carbocycles. The van der Waals surface area contributed by atoms with E-state index in [9.17, 15) is 5.26 Å². The third-order valence-electron chi connectivity index (χ3n) is 4.20. The molecule has 4 aromatic rings. The fourth-order valence-electron chi connectivity index (χ4n) is 2.84. The lowest BCUT2D eigenvalue weighted by Gasteiger charge is -2.09. The molecule has 1 N–H and O–H groups in total. The van der Waals surface area contributed by atoms with Gasteiger partial charge in [-0.2, -0.15) is 5.26 Å². The molecular formula is C21H17N5S. The standard InChI is InChI=1S/C21H17N5S/c22-14-16(20-25-18-8-4-5-9-19(18)27-20)17-11-13-24-21(26-17)23-12-10-15-6-2-1-3-7-15/h1-9,11,13,16H,10,12H2,(H,23,24,26). The molecule has 2 heterocycles. The molecular weight excluding hydrogens is 354 g/mol. The van der Waals surface area contributed by atoms with Crippen LogP contribution in [0.4, 0.5) is 5.95 Å². The summed E-state index contributed by atoms with van der Waals surface area (Å²) in [5.41, 5.74) is 2.83. The summed E-state index contributed by atoms with van der Waals surface area (Å²) in [7, 11) is 0. The van der Waals surface area contributed by atoms with Crippen molar-refractivity contribution in [1.29, 1.82) is 5.26 Å². The molecule has 1 unspecified atom stereocenters. The fraction of sp³-hybridized carbons (Fsp3) is 0.143. The van der Waals surface area contributed by atoms with Crippen LogP contribution in [0.1, 0.15) is 22.2 Å². The van der Waals surface area contributed by atoms with Gasteiger partial charge in [0, 0.05) is 12.7 Å². The Hall–Kier alpha value is -3.30. The van der Waals surface area contributed by atoms with Gasteiger partial charge in [0.05, 0.1) is 22.0 Å². The molecule has 132 valence electrons. The first kappa shape index (κ1) is 17.1. The predicted octanol–water partition coefficient (Wildman–Crippen LogP) is 4.40. The Labute approximate surface area is 161 Å².